The van der Waals surface area contributed by atoms with E-state index in [4.69, 9.17) is 4.74 Å². The first-order valence-electron chi connectivity index (χ1n) is 5.80. The predicted octanol–water partition coefficient (Wildman–Crippen LogP) is 4.03. The Bertz CT molecular complexity index is 616. The highest BCUT2D eigenvalue weighted by Gasteiger charge is 2.13. The van der Waals surface area contributed by atoms with Crippen LogP contribution in [0.1, 0.15) is 5.56 Å². The average Bonchev–Trinajstić information content (AvgIpc) is 2.45. The predicted molar refractivity (Wildman–Crippen MR) is 75.6 cm³/mol. The Hall–Kier alpha value is -2.08. The molecule has 0 saturated heterocycles. The number of ether oxygens (including phenoxy) is 1. The quantitative estimate of drug-likeness (QED) is 0.474. The maximum atomic E-state index is 13.5. The summed E-state index contributed by atoms with van der Waals surface area (Å²) in [6.45, 7) is 0. The van der Waals surface area contributed by atoms with Gasteiger partial charge in [-0.15, -0.1) is 11.8 Å². The summed E-state index contributed by atoms with van der Waals surface area (Å²) >= 11 is 1.42. The van der Waals surface area contributed by atoms with Gasteiger partial charge in [0, 0.05) is 16.7 Å². The van der Waals surface area contributed by atoms with Crippen molar-refractivity contribution in [3.05, 3.63) is 64.0 Å². The highest BCUT2D eigenvalue weighted by atomic mass is 32.2. The molecule has 0 spiro atoms. The Balaban J connectivity index is 2.03. The molecular weight excluding hydrogens is 281 g/mol. The van der Waals surface area contributed by atoms with E-state index in [1.165, 1.54) is 23.9 Å². The van der Waals surface area contributed by atoms with Crippen LogP contribution in [-0.2, 0) is 5.75 Å². The fourth-order valence-corrected chi connectivity index (χ4v) is 2.49. The summed E-state index contributed by atoms with van der Waals surface area (Å²) < 4.78 is 18.5. The fraction of sp³-hybridized carbons (Fsp3) is 0.143. The third-order valence-corrected chi connectivity index (χ3v) is 3.75. The van der Waals surface area contributed by atoms with Crippen LogP contribution in [0.15, 0.2) is 47.4 Å². The van der Waals surface area contributed by atoms with Crippen LogP contribution in [0.4, 0.5) is 10.1 Å². The SMILES string of the molecule is COc1ccc(CSc2ccc([N+](=O)[O-])c(F)c2)cc1. The highest BCUT2D eigenvalue weighted by Crippen LogP contribution is 2.27. The Kier molecular flexibility index (Phi) is 4.57. The minimum Gasteiger partial charge on any atom is -0.497 e. The van der Waals surface area contributed by atoms with Crippen molar-refractivity contribution < 1.29 is 14.1 Å². The molecule has 104 valence electrons. The summed E-state index contributed by atoms with van der Waals surface area (Å²) in [5.74, 6) is 0.621. The number of nitrogens with zero attached hydrogens (tertiary/aromatic N) is 1. The Labute approximate surface area is 119 Å². The van der Waals surface area contributed by atoms with Gasteiger partial charge < -0.3 is 4.74 Å². The lowest BCUT2D eigenvalue weighted by Gasteiger charge is -2.04. The zero-order valence-corrected chi connectivity index (χ0v) is 11.5. The van der Waals surface area contributed by atoms with E-state index in [1.807, 2.05) is 24.3 Å². The molecular formula is C14H12FNO3S. The van der Waals surface area contributed by atoms with Crippen LogP contribution in [0.3, 0.4) is 0 Å². The van der Waals surface area contributed by atoms with Crippen molar-refractivity contribution in [2.75, 3.05) is 7.11 Å². The van der Waals surface area contributed by atoms with Gasteiger partial charge in [-0.25, -0.2) is 0 Å². The molecule has 0 N–H and O–H groups in total. The van der Waals surface area contributed by atoms with E-state index in [0.29, 0.717) is 10.6 Å². The number of hydrogen-bond donors (Lipinski definition) is 0. The molecule has 0 aliphatic carbocycles. The van der Waals surface area contributed by atoms with Crippen molar-refractivity contribution in [2.45, 2.75) is 10.6 Å². The van der Waals surface area contributed by atoms with E-state index in [1.54, 1.807) is 13.2 Å². The first-order valence-corrected chi connectivity index (χ1v) is 6.78. The molecule has 0 saturated carbocycles. The second-order valence-electron chi connectivity index (χ2n) is 4.01. The van der Waals surface area contributed by atoms with Crippen LogP contribution in [0, 0.1) is 15.9 Å². The lowest BCUT2D eigenvalue weighted by Crippen LogP contribution is -1.92. The molecule has 0 radical (unpaired) electrons. The van der Waals surface area contributed by atoms with Crippen LogP contribution < -0.4 is 4.74 Å². The summed E-state index contributed by atoms with van der Waals surface area (Å²) in [6.07, 6.45) is 0. The third-order valence-electron chi connectivity index (χ3n) is 2.68. The molecule has 0 unspecified atom stereocenters. The van der Waals surface area contributed by atoms with Crippen molar-refractivity contribution in [3.8, 4) is 5.75 Å². The number of benzene rings is 2. The number of thioether (sulfide) groups is 1. The van der Waals surface area contributed by atoms with Gasteiger partial charge in [0.25, 0.3) is 0 Å². The molecule has 4 nitrogen and oxygen atoms in total. The van der Waals surface area contributed by atoms with Gasteiger partial charge in [0.15, 0.2) is 0 Å². The Morgan fingerprint density at radius 3 is 2.50 bits per heavy atom. The molecule has 0 aliphatic rings. The summed E-state index contributed by atoms with van der Waals surface area (Å²) in [5.41, 5.74) is 0.563. The smallest absolute Gasteiger partial charge is 0.304 e. The van der Waals surface area contributed by atoms with Crippen LogP contribution in [-0.4, -0.2) is 12.0 Å². The number of rotatable bonds is 5. The minimum atomic E-state index is -0.810. The topological polar surface area (TPSA) is 52.4 Å². The largest absolute Gasteiger partial charge is 0.497 e. The van der Waals surface area contributed by atoms with Crippen molar-refractivity contribution in [1.82, 2.24) is 0 Å². The zero-order chi connectivity index (χ0) is 14.5. The number of nitro benzene ring substituents is 1. The van der Waals surface area contributed by atoms with Crippen LogP contribution in [0.2, 0.25) is 0 Å². The molecule has 0 heterocycles. The van der Waals surface area contributed by atoms with E-state index < -0.39 is 16.4 Å². The van der Waals surface area contributed by atoms with Crippen molar-refractivity contribution in [3.63, 3.8) is 0 Å². The molecule has 2 aromatic rings. The van der Waals surface area contributed by atoms with Crippen LogP contribution in [0.25, 0.3) is 0 Å². The Morgan fingerprint density at radius 2 is 1.95 bits per heavy atom. The molecule has 0 aliphatic heterocycles. The minimum absolute atomic E-state index is 0.501. The maximum absolute atomic E-state index is 13.5. The monoisotopic (exact) mass is 293 g/mol. The average molecular weight is 293 g/mol. The van der Waals surface area contributed by atoms with E-state index in [9.17, 15) is 14.5 Å². The second-order valence-corrected chi connectivity index (χ2v) is 5.06. The van der Waals surface area contributed by atoms with Gasteiger partial charge in [0.05, 0.1) is 12.0 Å². The highest BCUT2D eigenvalue weighted by molar-refractivity contribution is 7.98. The van der Waals surface area contributed by atoms with E-state index in [0.717, 1.165) is 11.3 Å². The molecule has 0 fully saturated rings. The van der Waals surface area contributed by atoms with Crippen molar-refractivity contribution in [1.29, 1.82) is 0 Å². The first-order chi connectivity index (χ1) is 9.60. The van der Waals surface area contributed by atoms with Gasteiger partial charge in [-0.1, -0.05) is 12.1 Å². The second kappa shape index (κ2) is 6.38. The molecule has 6 heteroatoms. The summed E-state index contributed by atoms with van der Waals surface area (Å²) in [4.78, 5) is 10.4. The number of nitro groups is 1. The fourth-order valence-electron chi connectivity index (χ4n) is 1.61. The van der Waals surface area contributed by atoms with Gasteiger partial charge in [-0.2, -0.15) is 4.39 Å². The van der Waals surface area contributed by atoms with Crippen molar-refractivity contribution in [2.24, 2.45) is 0 Å². The molecule has 0 bridgehead atoms. The molecule has 2 aromatic carbocycles. The normalized spacial score (nSPS) is 10.3. The number of halogens is 1. The van der Waals surface area contributed by atoms with Gasteiger partial charge in [-0.3, -0.25) is 10.1 Å². The first kappa shape index (κ1) is 14.3. The van der Waals surface area contributed by atoms with Crippen molar-refractivity contribution >= 4 is 17.4 Å². The summed E-state index contributed by atoms with van der Waals surface area (Å²) in [6, 6.07) is 11.5. The molecule has 0 atom stereocenters. The van der Waals surface area contributed by atoms with Gasteiger partial charge in [-0.05, 0) is 29.8 Å². The van der Waals surface area contributed by atoms with Gasteiger partial charge in [0.1, 0.15) is 5.75 Å². The number of hydrogen-bond acceptors (Lipinski definition) is 4. The van der Waals surface area contributed by atoms with E-state index >= 15 is 0 Å². The lowest BCUT2D eigenvalue weighted by atomic mass is 10.2. The van der Waals surface area contributed by atoms with Crippen LogP contribution >= 0.6 is 11.8 Å². The molecule has 0 amide bonds. The van der Waals surface area contributed by atoms with Crippen LogP contribution in [0.5, 0.6) is 5.75 Å². The molecule has 20 heavy (non-hydrogen) atoms. The van der Waals surface area contributed by atoms with E-state index in [2.05, 4.69) is 0 Å². The van der Waals surface area contributed by atoms with Gasteiger partial charge in [0.2, 0.25) is 5.82 Å². The third kappa shape index (κ3) is 3.48. The van der Waals surface area contributed by atoms with E-state index in [-0.39, 0.29) is 0 Å². The molecule has 0 aromatic heterocycles. The summed E-state index contributed by atoms with van der Waals surface area (Å²) in [5, 5.41) is 10.5. The molecule has 2 rings (SSSR count). The Morgan fingerprint density at radius 1 is 1.25 bits per heavy atom. The zero-order valence-electron chi connectivity index (χ0n) is 10.7. The van der Waals surface area contributed by atoms with Gasteiger partial charge >= 0.3 is 5.69 Å². The summed E-state index contributed by atoms with van der Waals surface area (Å²) in [7, 11) is 1.60. The maximum Gasteiger partial charge on any atom is 0.304 e. The number of methoxy groups -OCH3 is 1. The standard InChI is InChI=1S/C14H12FNO3S/c1-19-11-4-2-10(3-5-11)9-20-12-6-7-14(16(17)18)13(15)8-12/h2-8H,9H2,1H3. The lowest BCUT2D eigenvalue weighted by molar-refractivity contribution is -0.387.